The van der Waals surface area contributed by atoms with Crippen LogP contribution >= 0.6 is 11.6 Å². The molecule has 0 saturated carbocycles. The zero-order valence-corrected chi connectivity index (χ0v) is 13.1. The van der Waals surface area contributed by atoms with Crippen LogP contribution in [0.5, 0.6) is 0 Å². The van der Waals surface area contributed by atoms with Crippen LogP contribution < -0.4 is 10.6 Å². The largest absolute Gasteiger partial charge is 0.323 e. The quantitative estimate of drug-likeness (QED) is 0.767. The van der Waals surface area contributed by atoms with Gasteiger partial charge in [0.2, 0.25) is 0 Å². The third-order valence-corrected chi connectivity index (χ3v) is 3.40. The normalized spacial score (nSPS) is 10.3. The van der Waals surface area contributed by atoms with E-state index in [1.54, 1.807) is 42.7 Å². The number of imidazole rings is 1. The van der Waals surface area contributed by atoms with Gasteiger partial charge >= 0.3 is 6.03 Å². The lowest BCUT2D eigenvalue weighted by Crippen LogP contribution is -2.19. The average Bonchev–Trinajstić information content (AvgIpc) is 2.94. The second-order valence-electron chi connectivity index (χ2n) is 4.84. The summed E-state index contributed by atoms with van der Waals surface area (Å²) in [5.41, 5.74) is 1.21. The Morgan fingerprint density at radius 3 is 2.61 bits per heavy atom. The molecule has 116 valence electrons. The maximum atomic E-state index is 12.0. The summed E-state index contributed by atoms with van der Waals surface area (Å²) in [6, 6.07) is 10.2. The van der Waals surface area contributed by atoms with Gasteiger partial charge < -0.3 is 10.6 Å². The van der Waals surface area contributed by atoms with Gasteiger partial charge in [-0.05, 0) is 37.3 Å². The smallest absolute Gasteiger partial charge is 0.308 e. The third-order valence-electron chi connectivity index (χ3n) is 3.16. The summed E-state index contributed by atoms with van der Waals surface area (Å²) in [4.78, 5) is 20.4. The molecule has 1 aromatic carbocycles. The molecule has 6 nitrogen and oxygen atoms in total. The maximum Gasteiger partial charge on any atom is 0.323 e. The topological polar surface area (TPSA) is 71.8 Å². The number of benzene rings is 1. The molecule has 0 bridgehead atoms. The number of anilines is 2. The number of rotatable bonds is 3. The van der Waals surface area contributed by atoms with E-state index in [1.807, 2.05) is 23.8 Å². The molecule has 2 N–H and O–H groups in total. The van der Waals surface area contributed by atoms with Gasteiger partial charge in [0, 0.05) is 23.1 Å². The third kappa shape index (κ3) is 3.67. The van der Waals surface area contributed by atoms with E-state index in [-0.39, 0.29) is 6.03 Å². The molecule has 7 heteroatoms. The van der Waals surface area contributed by atoms with Gasteiger partial charge in [0.15, 0.2) is 0 Å². The molecule has 3 aromatic rings. The Morgan fingerprint density at radius 1 is 1.13 bits per heavy atom. The van der Waals surface area contributed by atoms with Gasteiger partial charge in [0.25, 0.3) is 0 Å². The van der Waals surface area contributed by atoms with Gasteiger partial charge in [-0.25, -0.2) is 14.8 Å². The molecule has 2 aromatic heterocycles. The molecule has 0 saturated heterocycles. The summed E-state index contributed by atoms with van der Waals surface area (Å²) >= 11 is 5.88. The molecule has 2 heterocycles. The lowest BCUT2D eigenvalue weighted by atomic mass is 10.3. The van der Waals surface area contributed by atoms with Crippen molar-refractivity contribution >= 4 is 29.0 Å². The Balaban J connectivity index is 1.66. The molecular formula is C16H14ClN5O. The summed E-state index contributed by atoms with van der Waals surface area (Å²) < 4.78 is 1.86. The van der Waals surface area contributed by atoms with E-state index in [4.69, 9.17) is 11.6 Å². The molecule has 23 heavy (non-hydrogen) atoms. The van der Waals surface area contributed by atoms with Gasteiger partial charge in [-0.15, -0.1) is 0 Å². The highest BCUT2D eigenvalue weighted by atomic mass is 35.5. The number of nitrogens with one attached hydrogen (secondary N) is 2. The van der Waals surface area contributed by atoms with Crippen LogP contribution in [0, 0.1) is 6.92 Å². The van der Waals surface area contributed by atoms with Crippen molar-refractivity contribution in [3.63, 3.8) is 0 Å². The van der Waals surface area contributed by atoms with Crippen molar-refractivity contribution in [1.29, 1.82) is 0 Å². The fourth-order valence-electron chi connectivity index (χ4n) is 2.08. The van der Waals surface area contributed by atoms with Crippen molar-refractivity contribution in [3.8, 4) is 5.82 Å². The fourth-order valence-corrected chi connectivity index (χ4v) is 2.27. The van der Waals surface area contributed by atoms with E-state index < -0.39 is 0 Å². The van der Waals surface area contributed by atoms with Crippen molar-refractivity contribution in [2.75, 3.05) is 10.6 Å². The van der Waals surface area contributed by atoms with E-state index in [2.05, 4.69) is 20.6 Å². The van der Waals surface area contributed by atoms with Crippen LogP contribution in [0.1, 0.15) is 5.82 Å². The number of urea groups is 1. The number of aryl methyl sites for hydroxylation is 1. The van der Waals surface area contributed by atoms with Gasteiger partial charge in [-0.2, -0.15) is 0 Å². The molecular weight excluding hydrogens is 314 g/mol. The summed E-state index contributed by atoms with van der Waals surface area (Å²) in [5, 5.41) is 5.98. The summed E-state index contributed by atoms with van der Waals surface area (Å²) in [6.07, 6.45) is 5.13. The van der Waals surface area contributed by atoms with Crippen LogP contribution in [-0.2, 0) is 0 Å². The molecule has 0 unspecified atom stereocenters. The number of hydrogen-bond donors (Lipinski definition) is 2. The van der Waals surface area contributed by atoms with Gasteiger partial charge in [0.1, 0.15) is 11.6 Å². The first-order valence-corrected chi connectivity index (χ1v) is 7.29. The maximum absolute atomic E-state index is 12.0. The molecule has 0 atom stereocenters. The van der Waals surface area contributed by atoms with Crippen LogP contribution in [-0.4, -0.2) is 20.6 Å². The molecule has 0 aliphatic heterocycles. The van der Waals surface area contributed by atoms with Crippen LogP contribution in [0.2, 0.25) is 5.02 Å². The molecule has 2 amide bonds. The Bertz CT molecular complexity index is 828. The van der Waals surface area contributed by atoms with E-state index >= 15 is 0 Å². The average molecular weight is 328 g/mol. The van der Waals surface area contributed by atoms with Gasteiger partial charge in [-0.3, -0.25) is 4.57 Å². The number of amides is 2. The predicted molar refractivity (Wildman–Crippen MR) is 90.2 cm³/mol. The van der Waals surface area contributed by atoms with Gasteiger partial charge in [-0.1, -0.05) is 17.7 Å². The first kappa shape index (κ1) is 15.1. The Labute approximate surface area is 138 Å². The first-order valence-electron chi connectivity index (χ1n) is 6.92. The number of nitrogens with zero attached hydrogens (tertiary/aromatic N) is 3. The van der Waals surface area contributed by atoms with E-state index in [9.17, 15) is 4.79 Å². The highest BCUT2D eigenvalue weighted by molar-refractivity contribution is 6.30. The number of hydrogen-bond acceptors (Lipinski definition) is 3. The standard InChI is InChI=1S/C16H14ClN5O/c1-11-18-7-8-22(11)15-6-5-14(10-19-15)21-16(23)20-13-4-2-3-12(17)9-13/h2-10H,1H3,(H2,20,21,23). The number of halogens is 1. The second-order valence-corrected chi connectivity index (χ2v) is 5.28. The minimum atomic E-state index is -0.361. The van der Waals surface area contributed by atoms with Crippen molar-refractivity contribution in [2.24, 2.45) is 0 Å². The van der Waals surface area contributed by atoms with Crippen LogP contribution in [0.25, 0.3) is 5.82 Å². The Kier molecular flexibility index (Phi) is 4.25. The number of pyridine rings is 1. The lowest BCUT2D eigenvalue weighted by molar-refractivity contribution is 0.262. The number of aromatic nitrogens is 3. The monoisotopic (exact) mass is 327 g/mol. The predicted octanol–water partition coefficient (Wildman–Crippen LogP) is 3.87. The zero-order chi connectivity index (χ0) is 16.2. The van der Waals surface area contributed by atoms with Crippen LogP contribution in [0.4, 0.5) is 16.2 Å². The molecule has 0 spiro atoms. The minimum Gasteiger partial charge on any atom is -0.308 e. The van der Waals surface area contributed by atoms with Crippen molar-refractivity contribution in [3.05, 3.63) is 65.8 Å². The highest BCUT2D eigenvalue weighted by Crippen LogP contribution is 2.16. The SMILES string of the molecule is Cc1nccn1-c1ccc(NC(=O)Nc2cccc(Cl)c2)cn1. The molecule has 0 aliphatic rings. The van der Waals surface area contributed by atoms with E-state index in [0.717, 1.165) is 11.6 Å². The summed E-state index contributed by atoms with van der Waals surface area (Å²) in [6.45, 7) is 1.90. The van der Waals surface area contributed by atoms with Crippen LogP contribution in [0.3, 0.4) is 0 Å². The Hall–Kier alpha value is -2.86. The summed E-state index contributed by atoms with van der Waals surface area (Å²) in [5.74, 6) is 1.58. The first-order chi connectivity index (χ1) is 11.1. The van der Waals surface area contributed by atoms with E-state index in [1.165, 1.54) is 0 Å². The minimum absolute atomic E-state index is 0.361. The van der Waals surface area contributed by atoms with E-state index in [0.29, 0.717) is 16.4 Å². The molecule has 0 aliphatic carbocycles. The second kappa shape index (κ2) is 6.50. The number of carbonyl (C=O) groups excluding carboxylic acids is 1. The van der Waals surface area contributed by atoms with Crippen molar-refractivity contribution < 1.29 is 4.79 Å². The molecule has 0 radical (unpaired) electrons. The Morgan fingerprint density at radius 2 is 1.96 bits per heavy atom. The zero-order valence-electron chi connectivity index (χ0n) is 12.3. The van der Waals surface area contributed by atoms with Crippen LogP contribution in [0.15, 0.2) is 55.0 Å². The van der Waals surface area contributed by atoms with Crippen molar-refractivity contribution in [2.45, 2.75) is 6.92 Å². The highest BCUT2D eigenvalue weighted by Gasteiger charge is 2.05. The lowest BCUT2D eigenvalue weighted by Gasteiger charge is -2.09. The van der Waals surface area contributed by atoms with Crippen molar-refractivity contribution in [1.82, 2.24) is 14.5 Å². The molecule has 3 rings (SSSR count). The van der Waals surface area contributed by atoms with Gasteiger partial charge in [0.05, 0.1) is 11.9 Å². The summed E-state index contributed by atoms with van der Waals surface area (Å²) in [7, 11) is 0. The molecule has 0 fully saturated rings. The number of carbonyl (C=O) groups is 1. The fraction of sp³-hybridized carbons (Fsp3) is 0.0625.